The van der Waals surface area contributed by atoms with Crippen LogP contribution in [0.3, 0.4) is 0 Å². The van der Waals surface area contributed by atoms with Crippen LogP contribution in [0.5, 0.6) is 0 Å². The lowest BCUT2D eigenvalue weighted by Gasteiger charge is -2.07. The third-order valence-electron chi connectivity index (χ3n) is 3.23. The minimum atomic E-state index is -0.0299. The number of amides is 1. The van der Waals surface area contributed by atoms with E-state index in [1.807, 2.05) is 59.3 Å². The van der Waals surface area contributed by atoms with Crippen LogP contribution in [0.4, 0.5) is 5.69 Å². The molecule has 5 heteroatoms. The first-order chi connectivity index (χ1) is 10.7. The van der Waals surface area contributed by atoms with E-state index in [1.165, 1.54) is 0 Å². The van der Waals surface area contributed by atoms with Gasteiger partial charge in [-0.3, -0.25) is 4.79 Å². The van der Waals surface area contributed by atoms with Gasteiger partial charge < -0.3 is 9.88 Å². The van der Waals surface area contributed by atoms with E-state index >= 15 is 0 Å². The summed E-state index contributed by atoms with van der Waals surface area (Å²) >= 11 is 3.38. The van der Waals surface area contributed by atoms with Gasteiger partial charge in [-0.1, -0.05) is 28.1 Å². The molecule has 4 nitrogen and oxygen atoms in total. The Bertz CT molecular complexity index is 750. The molecule has 0 atom stereocenters. The van der Waals surface area contributed by atoms with Gasteiger partial charge in [0.25, 0.3) is 0 Å². The molecule has 0 fully saturated rings. The molecule has 0 unspecified atom stereocenters. The summed E-state index contributed by atoms with van der Waals surface area (Å²) < 4.78 is 2.92. The molecule has 110 valence electrons. The fourth-order valence-corrected chi connectivity index (χ4v) is 2.39. The lowest BCUT2D eigenvalue weighted by Crippen LogP contribution is -2.14. The van der Waals surface area contributed by atoms with Gasteiger partial charge in [0.1, 0.15) is 0 Å². The second kappa shape index (κ2) is 6.58. The number of carbonyl (C=O) groups is 1. The molecule has 22 heavy (non-hydrogen) atoms. The third kappa shape index (κ3) is 3.62. The summed E-state index contributed by atoms with van der Waals surface area (Å²) in [7, 11) is 0. The highest BCUT2D eigenvalue weighted by Crippen LogP contribution is 2.14. The predicted octanol–water partition coefficient (Wildman–Crippen LogP) is 3.82. The number of anilines is 1. The smallest absolute Gasteiger partial charge is 0.228 e. The lowest BCUT2D eigenvalue weighted by molar-refractivity contribution is -0.115. The zero-order valence-electron chi connectivity index (χ0n) is 11.7. The Kier molecular flexibility index (Phi) is 4.34. The molecule has 2 aromatic carbocycles. The van der Waals surface area contributed by atoms with Crippen molar-refractivity contribution in [3.8, 4) is 5.69 Å². The molecule has 0 bridgehead atoms. The number of imidazole rings is 1. The van der Waals surface area contributed by atoms with E-state index in [4.69, 9.17) is 0 Å². The van der Waals surface area contributed by atoms with Crippen LogP contribution in [0, 0.1) is 0 Å². The maximum absolute atomic E-state index is 12.0. The molecule has 0 saturated carbocycles. The van der Waals surface area contributed by atoms with Crippen LogP contribution < -0.4 is 5.32 Å². The monoisotopic (exact) mass is 355 g/mol. The van der Waals surface area contributed by atoms with E-state index in [-0.39, 0.29) is 5.91 Å². The number of hydrogen-bond donors (Lipinski definition) is 1. The summed E-state index contributed by atoms with van der Waals surface area (Å²) in [5, 5.41) is 2.90. The van der Waals surface area contributed by atoms with Crippen molar-refractivity contribution in [3.05, 3.63) is 77.3 Å². The van der Waals surface area contributed by atoms with E-state index in [0.717, 1.165) is 21.4 Å². The van der Waals surface area contributed by atoms with Crippen molar-refractivity contribution in [1.82, 2.24) is 9.55 Å². The van der Waals surface area contributed by atoms with Crippen LogP contribution in [0.25, 0.3) is 5.69 Å². The number of halogens is 1. The number of benzene rings is 2. The van der Waals surface area contributed by atoms with Gasteiger partial charge in [0, 0.05) is 28.2 Å². The van der Waals surface area contributed by atoms with Crippen LogP contribution in [0.15, 0.2) is 71.7 Å². The van der Waals surface area contributed by atoms with Gasteiger partial charge in [0.05, 0.1) is 12.7 Å². The number of hydrogen-bond acceptors (Lipinski definition) is 2. The van der Waals surface area contributed by atoms with Crippen LogP contribution in [0.1, 0.15) is 5.56 Å². The molecule has 0 aliphatic heterocycles. The third-order valence-corrected chi connectivity index (χ3v) is 3.76. The van der Waals surface area contributed by atoms with Gasteiger partial charge in [-0.25, -0.2) is 4.98 Å². The molecule has 1 N–H and O–H groups in total. The number of carbonyl (C=O) groups excluding carboxylic acids is 1. The van der Waals surface area contributed by atoms with E-state index in [1.54, 1.807) is 12.5 Å². The molecule has 0 radical (unpaired) electrons. The summed E-state index contributed by atoms with van der Waals surface area (Å²) in [6.45, 7) is 0. The summed E-state index contributed by atoms with van der Waals surface area (Å²) in [4.78, 5) is 16.1. The Balaban J connectivity index is 1.63. The number of nitrogens with one attached hydrogen (secondary N) is 1. The van der Waals surface area contributed by atoms with Gasteiger partial charge in [-0.2, -0.15) is 0 Å². The Morgan fingerprint density at radius 3 is 2.45 bits per heavy atom. The second-order valence-corrected chi connectivity index (χ2v) is 5.78. The van der Waals surface area contributed by atoms with E-state index in [0.29, 0.717) is 6.42 Å². The van der Waals surface area contributed by atoms with Crippen molar-refractivity contribution >= 4 is 27.5 Å². The molecule has 0 saturated heterocycles. The highest BCUT2D eigenvalue weighted by atomic mass is 79.9. The number of aromatic nitrogens is 2. The average Bonchev–Trinajstić information content (AvgIpc) is 3.05. The highest BCUT2D eigenvalue weighted by molar-refractivity contribution is 9.10. The first-order valence-corrected chi connectivity index (χ1v) is 7.63. The minimum absolute atomic E-state index is 0.0299. The zero-order valence-corrected chi connectivity index (χ0v) is 13.3. The SMILES string of the molecule is O=C(Cc1ccc(Br)cc1)Nc1ccc(-n2ccnc2)cc1. The standard InChI is InChI=1S/C17H14BrN3O/c18-14-3-1-13(2-4-14)11-17(22)20-15-5-7-16(8-6-15)21-10-9-19-12-21/h1-10,12H,11H2,(H,20,22). The fourth-order valence-electron chi connectivity index (χ4n) is 2.12. The molecule has 1 amide bonds. The molecule has 1 heterocycles. The van der Waals surface area contributed by atoms with Gasteiger partial charge in [-0.15, -0.1) is 0 Å². The van der Waals surface area contributed by atoms with Crippen molar-refractivity contribution in [2.24, 2.45) is 0 Å². The van der Waals surface area contributed by atoms with E-state index in [2.05, 4.69) is 26.2 Å². The molecular formula is C17H14BrN3O. The molecule has 0 aliphatic carbocycles. The largest absolute Gasteiger partial charge is 0.326 e. The van der Waals surface area contributed by atoms with Crippen LogP contribution in [-0.2, 0) is 11.2 Å². The number of rotatable bonds is 4. The fraction of sp³-hybridized carbons (Fsp3) is 0.0588. The Morgan fingerprint density at radius 1 is 1.09 bits per heavy atom. The molecule has 0 spiro atoms. The quantitative estimate of drug-likeness (QED) is 0.773. The summed E-state index contributed by atoms with van der Waals surface area (Å²) in [6.07, 6.45) is 5.70. The maximum atomic E-state index is 12.0. The topological polar surface area (TPSA) is 46.9 Å². The van der Waals surface area contributed by atoms with Gasteiger partial charge in [0.15, 0.2) is 0 Å². The zero-order chi connectivity index (χ0) is 15.4. The first kappa shape index (κ1) is 14.5. The molecular weight excluding hydrogens is 342 g/mol. The summed E-state index contributed by atoms with van der Waals surface area (Å²) in [6, 6.07) is 15.4. The summed E-state index contributed by atoms with van der Waals surface area (Å²) in [5.74, 6) is -0.0299. The van der Waals surface area contributed by atoms with Gasteiger partial charge in [0.2, 0.25) is 5.91 Å². The molecule has 3 rings (SSSR count). The Labute approximate surface area is 136 Å². The molecule has 3 aromatic rings. The van der Waals surface area contributed by atoms with Crippen molar-refractivity contribution in [2.45, 2.75) is 6.42 Å². The lowest BCUT2D eigenvalue weighted by atomic mass is 10.1. The predicted molar refractivity (Wildman–Crippen MR) is 90.0 cm³/mol. The highest BCUT2D eigenvalue weighted by Gasteiger charge is 2.04. The van der Waals surface area contributed by atoms with Crippen LogP contribution >= 0.6 is 15.9 Å². The van der Waals surface area contributed by atoms with Gasteiger partial charge in [-0.05, 0) is 42.0 Å². The molecule has 1 aromatic heterocycles. The Hall–Kier alpha value is -2.40. The Morgan fingerprint density at radius 2 is 1.82 bits per heavy atom. The van der Waals surface area contributed by atoms with E-state index < -0.39 is 0 Å². The summed E-state index contributed by atoms with van der Waals surface area (Å²) in [5.41, 5.74) is 2.77. The van der Waals surface area contributed by atoms with Crippen LogP contribution in [0.2, 0.25) is 0 Å². The molecule has 0 aliphatic rings. The van der Waals surface area contributed by atoms with Crippen LogP contribution in [-0.4, -0.2) is 15.5 Å². The van der Waals surface area contributed by atoms with Crippen molar-refractivity contribution < 1.29 is 4.79 Å². The minimum Gasteiger partial charge on any atom is -0.326 e. The van der Waals surface area contributed by atoms with Crippen molar-refractivity contribution in [1.29, 1.82) is 0 Å². The first-order valence-electron chi connectivity index (χ1n) is 6.83. The normalized spacial score (nSPS) is 10.4. The van der Waals surface area contributed by atoms with E-state index in [9.17, 15) is 4.79 Å². The van der Waals surface area contributed by atoms with Crippen molar-refractivity contribution in [3.63, 3.8) is 0 Å². The average molecular weight is 356 g/mol. The van der Waals surface area contributed by atoms with Gasteiger partial charge >= 0.3 is 0 Å². The van der Waals surface area contributed by atoms with Crippen molar-refractivity contribution in [2.75, 3.05) is 5.32 Å². The second-order valence-electron chi connectivity index (χ2n) is 4.87. The maximum Gasteiger partial charge on any atom is 0.228 e. The number of nitrogens with zero attached hydrogens (tertiary/aromatic N) is 2.